The second kappa shape index (κ2) is 5.01. The van der Waals surface area contributed by atoms with Gasteiger partial charge in [0.25, 0.3) is 0 Å². The van der Waals surface area contributed by atoms with E-state index >= 15 is 0 Å². The number of hydrogen-bond acceptors (Lipinski definition) is 2. The Kier molecular flexibility index (Phi) is 3.30. The Morgan fingerprint density at radius 2 is 1.86 bits per heavy atom. The van der Waals surface area contributed by atoms with E-state index in [1.807, 2.05) is 24.3 Å². The number of aryl methyl sites for hydroxylation is 1. The van der Waals surface area contributed by atoms with Crippen molar-refractivity contribution in [1.29, 1.82) is 0 Å². The first-order valence-electron chi connectivity index (χ1n) is 7.19. The van der Waals surface area contributed by atoms with E-state index in [9.17, 15) is 5.11 Å². The van der Waals surface area contributed by atoms with Crippen LogP contribution in [0, 0.1) is 6.92 Å². The van der Waals surface area contributed by atoms with Crippen LogP contribution in [0.2, 0.25) is 0 Å². The van der Waals surface area contributed by atoms with E-state index in [-0.39, 0.29) is 0 Å². The molecule has 0 spiro atoms. The molecule has 0 fully saturated rings. The van der Waals surface area contributed by atoms with Gasteiger partial charge in [-0.25, -0.2) is 4.98 Å². The molecule has 1 aromatic heterocycles. The maximum atomic E-state index is 10.4. The van der Waals surface area contributed by atoms with Crippen LogP contribution in [-0.2, 0) is 12.1 Å². The van der Waals surface area contributed by atoms with Gasteiger partial charge in [-0.2, -0.15) is 0 Å². The van der Waals surface area contributed by atoms with Gasteiger partial charge in [0.1, 0.15) is 11.4 Å². The molecular weight excluding hydrogens is 260 g/mol. The highest BCUT2D eigenvalue weighted by atomic mass is 16.3. The second-order valence-electron chi connectivity index (χ2n) is 6.06. The molecule has 0 saturated heterocycles. The van der Waals surface area contributed by atoms with Crippen LogP contribution in [0.15, 0.2) is 48.5 Å². The van der Waals surface area contributed by atoms with Crippen molar-refractivity contribution >= 4 is 11.0 Å². The normalized spacial score (nSPS) is 12.0. The maximum Gasteiger partial charge on any atom is 0.141 e. The van der Waals surface area contributed by atoms with E-state index in [2.05, 4.69) is 40.7 Å². The number of imidazole rings is 1. The number of nitrogens with zero attached hydrogens (tertiary/aromatic N) is 2. The van der Waals surface area contributed by atoms with Crippen LogP contribution in [0.1, 0.15) is 30.8 Å². The summed E-state index contributed by atoms with van der Waals surface area (Å²) in [4.78, 5) is 4.62. The molecule has 3 rings (SSSR count). The third-order valence-electron chi connectivity index (χ3n) is 3.62. The van der Waals surface area contributed by atoms with Gasteiger partial charge >= 0.3 is 0 Å². The molecule has 3 aromatic rings. The molecule has 0 radical (unpaired) electrons. The number of hydrogen-bond donors (Lipinski definition) is 1. The highest BCUT2D eigenvalue weighted by Crippen LogP contribution is 2.25. The fourth-order valence-corrected chi connectivity index (χ4v) is 2.70. The van der Waals surface area contributed by atoms with Crippen LogP contribution in [0.25, 0.3) is 11.0 Å². The first-order valence-corrected chi connectivity index (χ1v) is 7.19. The van der Waals surface area contributed by atoms with Crippen molar-refractivity contribution < 1.29 is 5.11 Å². The number of benzene rings is 2. The van der Waals surface area contributed by atoms with Crippen molar-refractivity contribution in [1.82, 2.24) is 9.55 Å². The fraction of sp³-hybridized carbons (Fsp3) is 0.278. The number of rotatable bonds is 3. The molecule has 0 unspecified atom stereocenters. The van der Waals surface area contributed by atoms with Gasteiger partial charge in [-0.05, 0) is 38.5 Å². The molecule has 0 saturated carbocycles. The van der Waals surface area contributed by atoms with E-state index in [0.29, 0.717) is 12.4 Å². The molecule has 0 bridgehead atoms. The lowest BCUT2D eigenvalue weighted by Crippen LogP contribution is -2.22. The van der Waals surface area contributed by atoms with Crippen LogP contribution in [0.5, 0.6) is 0 Å². The molecule has 0 amide bonds. The van der Waals surface area contributed by atoms with Gasteiger partial charge in [0, 0.05) is 6.54 Å². The third-order valence-corrected chi connectivity index (χ3v) is 3.62. The second-order valence-corrected chi connectivity index (χ2v) is 6.06. The lowest BCUT2D eigenvalue weighted by molar-refractivity contribution is 0.0657. The lowest BCUT2D eigenvalue weighted by atomic mass is 10.1. The molecule has 108 valence electrons. The van der Waals surface area contributed by atoms with Gasteiger partial charge in [0.15, 0.2) is 0 Å². The molecule has 0 aliphatic carbocycles. The van der Waals surface area contributed by atoms with Gasteiger partial charge in [0.05, 0.1) is 11.0 Å². The summed E-state index contributed by atoms with van der Waals surface area (Å²) < 4.78 is 2.10. The highest BCUT2D eigenvalue weighted by molar-refractivity contribution is 5.76. The maximum absolute atomic E-state index is 10.4. The van der Waals surface area contributed by atoms with E-state index < -0.39 is 5.60 Å². The third kappa shape index (κ3) is 2.69. The summed E-state index contributed by atoms with van der Waals surface area (Å²) in [6.07, 6.45) is 0. The average molecular weight is 280 g/mol. The summed E-state index contributed by atoms with van der Waals surface area (Å²) in [5.74, 6) is 0.699. The van der Waals surface area contributed by atoms with Crippen LogP contribution >= 0.6 is 0 Å². The van der Waals surface area contributed by atoms with Crippen molar-refractivity contribution in [2.24, 2.45) is 0 Å². The predicted molar refractivity (Wildman–Crippen MR) is 85.3 cm³/mol. The molecule has 3 heteroatoms. The molecule has 0 atom stereocenters. The average Bonchev–Trinajstić information content (AvgIpc) is 2.78. The Balaban J connectivity index is 2.15. The standard InChI is InChI=1S/C18H20N2O/c1-13-7-6-8-14(11-13)12-20-16-10-5-4-9-15(16)19-17(20)18(2,3)21/h4-11,21H,12H2,1-3H3. The summed E-state index contributed by atoms with van der Waals surface area (Å²) in [7, 11) is 0. The summed E-state index contributed by atoms with van der Waals surface area (Å²) in [6, 6.07) is 16.4. The number of para-hydroxylation sites is 2. The van der Waals surface area contributed by atoms with E-state index in [1.165, 1.54) is 11.1 Å². The Hall–Kier alpha value is -2.13. The van der Waals surface area contributed by atoms with E-state index in [1.54, 1.807) is 13.8 Å². The van der Waals surface area contributed by atoms with Gasteiger partial charge < -0.3 is 9.67 Å². The Bertz CT molecular complexity index is 781. The SMILES string of the molecule is Cc1cccc(Cn2c(C(C)(C)O)nc3ccccc32)c1. The minimum atomic E-state index is -0.969. The minimum absolute atomic E-state index is 0.699. The summed E-state index contributed by atoms with van der Waals surface area (Å²) in [6.45, 7) is 6.36. The molecule has 0 aliphatic rings. The Morgan fingerprint density at radius 1 is 1.10 bits per heavy atom. The summed E-state index contributed by atoms with van der Waals surface area (Å²) in [5, 5.41) is 10.4. The topological polar surface area (TPSA) is 38.0 Å². The number of aliphatic hydroxyl groups is 1. The molecular formula is C18H20N2O. The lowest BCUT2D eigenvalue weighted by Gasteiger charge is -2.19. The monoisotopic (exact) mass is 280 g/mol. The molecule has 3 nitrogen and oxygen atoms in total. The molecule has 1 N–H and O–H groups in total. The summed E-state index contributed by atoms with van der Waals surface area (Å²) in [5.41, 5.74) is 3.45. The first kappa shape index (κ1) is 13.8. The van der Waals surface area contributed by atoms with Crippen molar-refractivity contribution in [3.8, 4) is 0 Å². The van der Waals surface area contributed by atoms with Gasteiger partial charge in [-0.1, -0.05) is 42.0 Å². The van der Waals surface area contributed by atoms with Gasteiger partial charge in [-0.3, -0.25) is 0 Å². The zero-order chi connectivity index (χ0) is 15.0. The molecule has 2 aromatic carbocycles. The Labute approximate surface area is 124 Å². The smallest absolute Gasteiger partial charge is 0.141 e. The minimum Gasteiger partial charge on any atom is -0.383 e. The van der Waals surface area contributed by atoms with Crippen molar-refractivity contribution in [2.75, 3.05) is 0 Å². The fourth-order valence-electron chi connectivity index (χ4n) is 2.70. The largest absolute Gasteiger partial charge is 0.383 e. The Morgan fingerprint density at radius 3 is 2.57 bits per heavy atom. The van der Waals surface area contributed by atoms with Crippen LogP contribution < -0.4 is 0 Å². The van der Waals surface area contributed by atoms with Crippen LogP contribution in [-0.4, -0.2) is 14.7 Å². The highest BCUT2D eigenvalue weighted by Gasteiger charge is 2.24. The molecule has 0 aliphatic heterocycles. The van der Waals surface area contributed by atoms with Crippen molar-refractivity contribution in [3.05, 3.63) is 65.5 Å². The van der Waals surface area contributed by atoms with Crippen molar-refractivity contribution in [2.45, 2.75) is 32.9 Å². The molecule has 21 heavy (non-hydrogen) atoms. The number of aromatic nitrogens is 2. The van der Waals surface area contributed by atoms with Gasteiger partial charge in [0.2, 0.25) is 0 Å². The quantitative estimate of drug-likeness (QED) is 0.795. The van der Waals surface area contributed by atoms with Crippen molar-refractivity contribution in [3.63, 3.8) is 0 Å². The number of fused-ring (bicyclic) bond motifs is 1. The van der Waals surface area contributed by atoms with E-state index in [0.717, 1.165) is 11.0 Å². The van der Waals surface area contributed by atoms with Gasteiger partial charge in [-0.15, -0.1) is 0 Å². The summed E-state index contributed by atoms with van der Waals surface area (Å²) >= 11 is 0. The first-order chi connectivity index (χ1) is 9.95. The molecule has 1 heterocycles. The van der Waals surface area contributed by atoms with E-state index in [4.69, 9.17) is 0 Å². The predicted octanol–water partition coefficient (Wildman–Crippen LogP) is 3.62. The van der Waals surface area contributed by atoms with Crippen LogP contribution in [0.3, 0.4) is 0 Å². The zero-order valence-corrected chi connectivity index (χ0v) is 12.7. The zero-order valence-electron chi connectivity index (χ0n) is 12.7. The van der Waals surface area contributed by atoms with Crippen LogP contribution in [0.4, 0.5) is 0 Å².